The molecule has 0 aliphatic carbocycles. The first-order valence-electron chi connectivity index (χ1n) is 8.04. The molecule has 1 heterocycles. The number of carbonyl (C=O) groups is 1. The standard InChI is InChI=1S/C18H25N3O3/c1-21-13-3-4-16(21)17(22)10-12-20-18(23)19-11-9-14-5-7-15(24-2)8-6-14/h3-8,13,17,22H,9-12H2,1-2H3,(H2,19,20,23)/t17-/m0/s1. The van der Waals surface area contributed by atoms with Crippen molar-refractivity contribution < 1.29 is 14.6 Å². The number of amides is 2. The molecule has 2 rings (SSSR count). The second-order valence-corrected chi connectivity index (χ2v) is 5.63. The van der Waals surface area contributed by atoms with E-state index in [1.807, 2.05) is 54.2 Å². The molecule has 1 atom stereocenters. The van der Waals surface area contributed by atoms with E-state index >= 15 is 0 Å². The summed E-state index contributed by atoms with van der Waals surface area (Å²) in [5.74, 6) is 0.821. The molecule has 0 aliphatic heterocycles. The molecule has 0 saturated carbocycles. The van der Waals surface area contributed by atoms with Gasteiger partial charge in [0.05, 0.1) is 13.2 Å². The Morgan fingerprint density at radius 1 is 1.21 bits per heavy atom. The lowest BCUT2D eigenvalue weighted by Gasteiger charge is -2.13. The van der Waals surface area contributed by atoms with Gasteiger partial charge in [-0.2, -0.15) is 0 Å². The minimum Gasteiger partial charge on any atom is -0.497 e. The quantitative estimate of drug-likeness (QED) is 0.692. The van der Waals surface area contributed by atoms with Crippen molar-refractivity contribution in [1.29, 1.82) is 0 Å². The third-order valence-corrected chi connectivity index (χ3v) is 3.89. The van der Waals surface area contributed by atoms with Crippen molar-refractivity contribution in [3.05, 3.63) is 53.9 Å². The summed E-state index contributed by atoms with van der Waals surface area (Å²) in [6.07, 6.45) is 2.54. The van der Waals surface area contributed by atoms with E-state index in [0.717, 1.165) is 23.4 Å². The Morgan fingerprint density at radius 3 is 2.54 bits per heavy atom. The van der Waals surface area contributed by atoms with Gasteiger partial charge in [0.1, 0.15) is 5.75 Å². The van der Waals surface area contributed by atoms with Gasteiger partial charge in [-0.15, -0.1) is 0 Å². The number of carbonyl (C=O) groups excluding carboxylic acids is 1. The fourth-order valence-corrected chi connectivity index (χ4v) is 2.47. The molecular formula is C18H25N3O3. The number of hydrogen-bond donors (Lipinski definition) is 3. The molecule has 0 bridgehead atoms. The van der Waals surface area contributed by atoms with Crippen molar-refractivity contribution in [2.24, 2.45) is 7.05 Å². The van der Waals surface area contributed by atoms with Crippen LogP contribution >= 0.6 is 0 Å². The molecule has 2 amide bonds. The SMILES string of the molecule is COc1ccc(CCNC(=O)NCC[C@H](O)c2cccn2C)cc1. The number of ether oxygens (including phenoxy) is 1. The van der Waals surface area contributed by atoms with Gasteiger partial charge in [-0.05, 0) is 42.7 Å². The lowest BCUT2D eigenvalue weighted by Crippen LogP contribution is -2.37. The van der Waals surface area contributed by atoms with Crippen molar-refractivity contribution in [3.8, 4) is 5.75 Å². The summed E-state index contributed by atoms with van der Waals surface area (Å²) in [5, 5.41) is 15.6. The van der Waals surface area contributed by atoms with Crippen molar-refractivity contribution >= 4 is 6.03 Å². The first-order chi connectivity index (χ1) is 11.6. The highest BCUT2D eigenvalue weighted by Gasteiger charge is 2.10. The minimum absolute atomic E-state index is 0.220. The van der Waals surface area contributed by atoms with Crippen LogP contribution in [0.4, 0.5) is 4.79 Å². The summed E-state index contributed by atoms with van der Waals surface area (Å²) < 4.78 is 6.98. The number of aromatic nitrogens is 1. The summed E-state index contributed by atoms with van der Waals surface area (Å²) >= 11 is 0. The highest BCUT2D eigenvalue weighted by Crippen LogP contribution is 2.15. The fraction of sp³-hybridized carbons (Fsp3) is 0.389. The molecule has 3 N–H and O–H groups in total. The highest BCUT2D eigenvalue weighted by molar-refractivity contribution is 5.73. The molecule has 0 unspecified atom stereocenters. The van der Waals surface area contributed by atoms with Crippen LogP contribution in [0.5, 0.6) is 5.75 Å². The lowest BCUT2D eigenvalue weighted by molar-refractivity contribution is 0.159. The van der Waals surface area contributed by atoms with Gasteiger partial charge in [0.25, 0.3) is 0 Å². The fourth-order valence-electron chi connectivity index (χ4n) is 2.47. The average molecular weight is 331 g/mol. The third kappa shape index (κ3) is 5.31. The van der Waals surface area contributed by atoms with Crippen molar-refractivity contribution in [1.82, 2.24) is 15.2 Å². The van der Waals surface area contributed by atoms with E-state index in [1.54, 1.807) is 7.11 Å². The molecule has 1 aromatic heterocycles. The molecule has 24 heavy (non-hydrogen) atoms. The lowest BCUT2D eigenvalue weighted by atomic mass is 10.1. The van der Waals surface area contributed by atoms with Crippen molar-refractivity contribution in [2.75, 3.05) is 20.2 Å². The summed E-state index contributed by atoms with van der Waals surface area (Å²) in [6, 6.07) is 11.3. The summed E-state index contributed by atoms with van der Waals surface area (Å²) in [6.45, 7) is 0.971. The zero-order valence-corrected chi connectivity index (χ0v) is 14.2. The molecule has 0 aliphatic rings. The van der Waals surface area contributed by atoms with Crippen LogP contribution in [0.3, 0.4) is 0 Å². The van der Waals surface area contributed by atoms with Crippen LogP contribution in [-0.2, 0) is 13.5 Å². The van der Waals surface area contributed by atoms with Gasteiger partial charge in [0.15, 0.2) is 0 Å². The number of methoxy groups -OCH3 is 1. The summed E-state index contributed by atoms with van der Waals surface area (Å²) in [7, 11) is 3.52. The van der Waals surface area contributed by atoms with E-state index in [4.69, 9.17) is 4.74 Å². The van der Waals surface area contributed by atoms with E-state index in [-0.39, 0.29) is 6.03 Å². The Kier molecular flexibility index (Phi) is 6.69. The Morgan fingerprint density at radius 2 is 1.92 bits per heavy atom. The summed E-state index contributed by atoms with van der Waals surface area (Å²) in [5.41, 5.74) is 1.98. The maximum Gasteiger partial charge on any atom is 0.314 e. The largest absolute Gasteiger partial charge is 0.497 e. The molecule has 0 spiro atoms. The molecule has 130 valence electrons. The number of nitrogens with zero attached hydrogens (tertiary/aromatic N) is 1. The van der Waals surface area contributed by atoms with E-state index in [9.17, 15) is 9.90 Å². The van der Waals surface area contributed by atoms with Crippen LogP contribution in [0.1, 0.15) is 23.8 Å². The van der Waals surface area contributed by atoms with E-state index in [0.29, 0.717) is 19.5 Å². The Labute approximate surface area is 142 Å². The monoisotopic (exact) mass is 331 g/mol. The zero-order chi connectivity index (χ0) is 17.4. The van der Waals surface area contributed by atoms with Gasteiger partial charge in [-0.1, -0.05) is 12.1 Å². The molecule has 0 fully saturated rings. The van der Waals surface area contributed by atoms with Gasteiger partial charge in [0, 0.05) is 32.0 Å². The number of aliphatic hydroxyl groups is 1. The van der Waals surface area contributed by atoms with E-state index in [1.165, 1.54) is 0 Å². The van der Waals surface area contributed by atoms with Crippen LogP contribution in [0.25, 0.3) is 0 Å². The summed E-state index contributed by atoms with van der Waals surface area (Å²) in [4.78, 5) is 11.7. The Bertz CT molecular complexity index is 637. The smallest absolute Gasteiger partial charge is 0.314 e. The first-order valence-corrected chi connectivity index (χ1v) is 8.04. The normalized spacial score (nSPS) is 11.8. The molecule has 6 heteroatoms. The Balaban J connectivity index is 1.62. The second kappa shape index (κ2) is 8.98. The van der Waals surface area contributed by atoms with Crippen molar-refractivity contribution in [3.63, 3.8) is 0 Å². The number of aliphatic hydroxyl groups excluding tert-OH is 1. The number of nitrogens with one attached hydrogen (secondary N) is 2. The van der Waals surface area contributed by atoms with Gasteiger partial charge >= 0.3 is 6.03 Å². The predicted octanol–water partition coefficient (Wildman–Crippen LogP) is 2.00. The maximum atomic E-state index is 11.7. The maximum absolute atomic E-state index is 11.7. The topological polar surface area (TPSA) is 75.5 Å². The average Bonchev–Trinajstić information content (AvgIpc) is 3.01. The minimum atomic E-state index is -0.579. The molecule has 6 nitrogen and oxygen atoms in total. The highest BCUT2D eigenvalue weighted by atomic mass is 16.5. The van der Waals surface area contributed by atoms with Crippen LogP contribution in [0.2, 0.25) is 0 Å². The number of aryl methyl sites for hydroxylation is 1. The van der Waals surface area contributed by atoms with Gasteiger partial charge in [-0.25, -0.2) is 4.79 Å². The van der Waals surface area contributed by atoms with Gasteiger partial charge in [0.2, 0.25) is 0 Å². The second-order valence-electron chi connectivity index (χ2n) is 5.63. The third-order valence-electron chi connectivity index (χ3n) is 3.89. The van der Waals surface area contributed by atoms with Crippen LogP contribution in [0.15, 0.2) is 42.6 Å². The molecule has 0 saturated heterocycles. The number of benzene rings is 1. The molecule has 0 radical (unpaired) electrons. The molecular weight excluding hydrogens is 306 g/mol. The first kappa shape index (κ1) is 17.9. The number of urea groups is 1. The molecule has 1 aromatic carbocycles. The van der Waals surface area contributed by atoms with E-state index in [2.05, 4.69) is 10.6 Å². The number of rotatable bonds is 8. The van der Waals surface area contributed by atoms with Crippen LogP contribution in [0, 0.1) is 0 Å². The van der Waals surface area contributed by atoms with Crippen LogP contribution in [-0.4, -0.2) is 35.9 Å². The zero-order valence-electron chi connectivity index (χ0n) is 14.2. The van der Waals surface area contributed by atoms with Gasteiger partial charge < -0.3 is 25.0 Å². The predicted molar refractivity (Wildman–Crippen MR) is 93.1 cm³/mol. The molecule has 2 aromatic rings. The Hall–Kier alpha value is -2.47. The number of hydrogen-bond acceptors (Lipinski definition) is 3. The van der Waals surface area contributed by atoms with Crippen molar-refractivity contribution in [2.45, 2.75) is 18.9 Å². The van der Waals surface area contributed by atoms with E-state index < -0.39 is 6.10 Å². The van der Waals surface area contributed by atoms with Gasteiger partial charge in [-0.3, -0.25) is 0 Å². The van der Waals surface area contributed by atoms with Crippen LogP contribution < -0.4 is 15.4 Å².